The second-order valence-corrected chi connectivity index (χ2v) is 20.5. The number of hydrogen-bond acceptors (Lipinski definition) is 19. The van der Waals surface area contributed by atoms with E-state index in [1.54, 1.807) is 52.2 Å². The zero-order chi connectivity index (χ0) is 59.0. The van der Waals surface area contributed by atoms with E-state index < -0.39 is 21.8 Å². The number of esters is 2. The third-order valence-electron chi connectivity index (χ3n) is 13.0. The molecule has 0 aliphatic rings. The number of hydrogen-bond donors (Lipinski definition) is 3. The molecule has 8 rings (SSSR count). The summed E-state index contributed by atoms with van der Waals surface area (Å²) in [4.78, 5) is 90.7. The Labute approximate surface area is 484 Å². The Morgan fingerprint density at radius 3 is 1.54 bits per heavy atom. The molecule has 8 aromatic rings. The van der Waals surface area contributed by atoms with Crippen molar-refractivity contribution in [3.63, 3.8) is 0 Å². The zero-order valence-electron chi connectivity index (χ0n) is 47.8. The summed E-state index contributed by atoms with van der Waals surface area (Å²) in [5.41, 5.74) is 7.22. The van der Waals surface area contributed by atoms with Crippen LogP contribution in [0.25, 0.3) is 44.3 Å². The molecule has 0 saturated heterocycles. The first-order valence-electron chi connectivity index (χ1n) is 26.1. The smallest absolute Gasteiger partial charge is 0.342 e. The molecule has 0 spiro atoms. The minimum absolute atomic E-state index is 0. The van der Waals surface area contributed by atoms with Crippen LogP contribution < -0.4 is 20.4 Å². The number of ether oxygens (including phenoxy) is 2. The summed E-state index contributed by atoms with van der Waals surface area (Å²) in [6.07, 6.45) is 5.52. The molecule has 82 heavy (non-hydrogen) atoms. The first kappa shape index (κ1) is 61.9. The molecular formula is C59H82N14O9. The molecule has 23 nitrogen and oxygen atoms in total. The average molecular weight is 1130 g/mol. The van der Waals surface area contributed by atoms with Crippen molar-refractivity contribution in [2.24, 2.45) is 0 Å². The molecule has 4 aromatic carbocycles. The highest BCUT2D eigenvalue weighted by atomic mass is 16.6. The normalized spacial score (nSPS) is 11.1. The highest BCUT2D eigenvalue weighted by molar-refractivity contribution is 6.06. The molecule has 0 bridgehead atoms. The van der Waals surface area contributed by atoms with Gasteiger partial charge >= 0.3 is 11.9 Å². The number of H-pyrrole nitrogens is 1. The van der Waals surface area contributed by atoms with Crippen molar-refractivity contribution in [1.29, 1.82) is 0 Å². The maximum absolute atomic E-state index is 13.1. The van der Waals surface area contributed by atoms with Gasteiger partial charge in [0.05, 0.1) is 50.3 Å². The highest BCUT2D eigenvalue weighted by Crippen LogP contribution is 2.38. The van der Waals surface area contributed by atoms with Crippen molar-refractivity contribution < 1.29 is 40.8 Å². The fraction of sp³-hybridized carbons (Fsp3) is 0.339. The van der Waals surface area contributed by atoms with Crippen molar-refractivity contribution in [3.05, 3.63) is 140 Å². The molecule has 0 radical (unpaired) electrons. The number of nitrogens with zero attached hydrogens (tertiary/aromatic N) is 11. The number of fused-ring (bicyclic) bond motifs is 2. The van der Waals surface area contributed by atoms with Gasteiger partial charge in [0, 0.05) is 119 Å². The molecule has 0 amide bonds. The van der Waals surface area contributed by atoms with E-state index in [2.05, 4.69) is 35.6 Å². The van der Waals surface area contributed by atoms with Crippen LogP contribution in [0.4, 0.5) is 46.0 Å². The van der Waals surface area contributed by atoms with E-state index in [1.807, 2.05) is 124 Å². The molecular weight excluding hydrogens is 1050 g/mol. The van der Waals surface area contributed by atoms with Crippen LogP contribution in [0.15, 0.2) is 97.6 Å². The fourth-order valence-electron chi connectivity index (χ4n) is 8.76. The van der Waals surface area contributed by atoms with Crippen LogP contribution in [0.3, 0.4) is 0 Å². The highest BCUT2D eigenvalue weighted by Gasteiger charge is 2.27. The van der Waals surface area contributed by atoms with E-state index in [-0.39, 0.29) is 72.8 Å². The second kappa shape index (κ2) is 26.7. The number of carbonyl (C=O) groups excluding carboxylic acids is 3. The molecule has 3 N–H and O–H groups in total. The number of rotatable bonds is 20. The number of likely N-dealkylation sites (N-methyl/N-ethyl adjacent to an activating group) is 4. The number of nitrogens with one attached hydrogen (secondary N) is 3. The maximum atomic E-state index is 13.1. The van der Waals surface area contributed by atoms with Crippen molar-refractivity contribution in [2.45, 2.75) is 68.1 Å². The summed E-state index contributed by atoms with van der Waals surface area (Å²) >= 11 is 0. The first-order chi connectivity index (χ1) is 38.4. The van der Waals surface area contributed by atoms with Crippen LogP contribution >= 0.6 is 0 Å². The van der Waals surface area contributed by atoms with E-state index >= 15 is 0 Å². The largest absolute Gasteiger partial charge is 0.459 e. The number of carbonyl (C=O) groups is 3. The van der Waals surface area contributed by atoms with Gasteiger partial charge in [0.2, 0.25) is 17.8 Å². The number of nitro groups is 2. The van der Waals surface area contributed by atoms with Gasteiger partial charge < -0.3 is 44.7 Å². The van der Waals surface area contributed by atoms with Crippen molar-refractivity contribution in [1.82, 2.24) is 39.3 Å². The summed E-state index contributed by atoms with van der Waals surface area (Å²) in [7, 11) is 11.5. The minimum atomic E-state index is -0.608. The molecule has 0 unspecified atom stereocenters. The maximum Gasteiger partial charge on any atom is 0.342 e. The SMILES string of the molecule is C.CC(=O)n1cc(-c2nc(Nc3cc([N+](=O)[O-])c(N(C)CCN(C)C)cc3C)ncc2C(=O)OC(C)C)c2ccccc21.Cc1cc(N(C)CCN(C)C)c([N+](=O)[O-])cc1Nc1ncc(C(=O)OC(C)C)c(-c2c[nH]c3ccccc23)n1.[HH].[HH].[HH].[HH].[HH]. The van der Waals surface area contributed by atoms with Gasteiger partial charge in [-0.1, -0.05) is 43.8 Å². The Morgan fingerprint density at radius 2 is 1.10 bits per heavy atom. The lowest BCUT2D eigenvalue weighted by molar-refractivity contribution is -0.384. The third-order valence-corrected chi connectivity index (χ3v) is 13.0. The quantitative estimate of drug-likeness (QED) is 0.0364. The predicted octanol–water partition coefficient (Wildman–Crippen LogP) is 12.3. The number of anilines is 6. The number of benzene rings is 4. The van der Waals surface area contributed by atoms with Crippen molar-refractivity contribution >= 4 is 85.7 Å². The Kier molecular flexibility index (Phi) is 20.2. The van der Waals surface area contributed by atoms with Gasteiger partial charge in [-0.05, 0) is 105 Å². The van der Waals surface area contributed by atoms with Crippen LogP contribution in [0, 0.1) is 34.1 Å². The van der Waals surface area contributed by atoms with Gasteiger partial charge in [0.15, 0.2) is 0 Å². The van der Waals surface area contributed by atoms with Crippen LogP contribution in [0.5, 0.6) is 0 Å². The summed E-state index contributed by atoms with van der Waals surface area (Å²) in [5.74, 6) is -1.02. The third kappa shape index (κ3) is 14.5. The van der Waals surface area contributed by atoms with Crippen molar-refractivity contribution in [3.8, 4) is 22.5 Å². The van der Waals surface area contributed by atoms with E-state index in [9.17, 15) is 34.6 Å². The van der Waals surface area contributed by atoms with Crippen LogP contribution in [-0.2, 0) is 9.47 Å². The van der Waals surface area contributed by atoms with Gasteiger partial charge in [0.25, 0.3) is 11.4 Å². The standard InChI is InChI=1S/C30H35N7O5.C28H33N7O4.CH4.5H2/c1-18(2)42-29(39)22-16-31-30(33-28(22)23-17-36(20(4)38)25-11-9-8-10-21(23)25)32-24-15-27(37(40)41)26(14-19(24)3)35(7)13-12-34(5)6;1-17(2)39-27(36)21-16-30-28(32-26(21)20-15-29-22-10-8-7-9-19(20)22)31-23-14-25(35(37)38)24(13-18(23)3)34(6)12-11-33(4)5;;;;;;/h8-11,14-18H,12-13H2,1-7H3,(H,31,32,33);7-10,13-17,29H,11-12H2,1-6H3,(H,30,31,32);1H4;5*1H. The van der Waals surface area contributed by atoms with Gasteiger partial charge in [-0.3, -0.25) is 29.6 Å². The summed E-state index contributed by atoms with van der Waals surface area (Å²) in [6, 6.07) is 21.5. The molecule has 442 valence electrons. The Morgan fingerprint density at radius 1 is 0.659 bits per heavy atom. The fourth-order valence-corrected chi connectivity index (χ4v) is 8.76. The molecule has 0 atom stereocenters. The first-order valence-corrected chi connectivity index (χ1v) is 26.1. The van der Waals surface area contributed by atoms with Crippen LogP contribution in [0.1, 0.15) is 85.8 Å². The molecule has 23 heteroatoms. The number of aryl methyl sites for hydroxylation is 2. The monoisotopic (exact) mass is 1130 g/mol. The number of aromatic amines is 1. The van der Waals surface area contributed by atoms with E-state index in [0.29, 0.717) is 63.6 Å². The summed E-state index contributed by atoms with van der Waals surface area (Å²) in [6.45, 7) is 14.9. The molecule has 4 aromatic heterocycles. The Hall–Kier alpha value is -9.35. The molecule has 4 heterocycles. The topological polar surface area (TPSA) is 265 Å². The Bertz CT molecular complexity index is 3670. The van der Waals surface area contributed by atoms with E-state index in [4.69, 9.17) is 9.47 Å². The zero-order valence-corrected chi connectivity index (χ0v) is 47.8. The minimum Gasteiger partial charge on any atom is -0.459 e. The predicted molar refractivity (Wildman–Crippen MR) is 333 cm³/mol. The van der Waals surface area contributed by atoms with Crippen LogP contribution in [-0.4, -0.2) is 148 Å². The Balaban J connectivity index is 0.000000816. The van der Waals surface area contributed by atoms with Crippen molar-refractivity contribution in [2.75, 3.05) is 88.9 Å². The molecule has 0 fully saturated rings. The summed E-state index contributed by atoms with van der Waals surface area (Å²) < 4.78 is 12.4. The molecule has 0 saturated carbocycles. The van der Waals surface area contributed by atoms with Gasteiger partial charge in [-0.15, -0.1) is 0 Å². The number of para-hydroxylation sites is 2. The van der Waals surface area contributed by atoms with Gasteiger partial charge in [0.1, 0.15) is 22.5 Å². The number of nitro benzene ring substituents is 2. The second-order valence-electron chi connectivity index (χ2n) is 20.5. The summed E-state index contributed by atoms with van der Waals surface area (Å²) in [5, 5.41) is 31.8. The molecule has 0 aliphatic carbocycles. The lowest BCUT2D eigenvalue weighted by Gasteiger charge is -2.22. The van der Waals surface area contributed by atoms with Crippen LogP contribution in [0.2, 0.25) is 0 Å². The van der Waals surface area contributed by atoms with Gasteiger partial charge in [-0.25, -0.2) is 29.5 Å². The average Bonchev–Trinajstić information content (AvgIpc) is 4.07. The lowest BCUT2D eigenvalue weighted by atomic mass is 10.1. The molecule has 0 aliphatic heterocycles. The van der Waals surface area contributed by atoms with Gasteiger partial charge in [-0.2, -0.15) is 0 Å². The number of aromatic nitrogens is 6. The van der Waals surface area contributed by atoms with E-state index in [1.165, 1.54) is 36.0 Å². The lowest BCUT2D eigenvalue weighted by Crippen LogP contribution is -2.29. The van der Waals surface area contributed by atoms with E-state index in [0.717, 1.165) is 35.1 Å².